The van der Waals surface area contributed by atoms with Gasteiger partial charge in [0.15, 0.2) is 5.65 Å². The van der Waals surface area contributed by atoms with E-state index in [1.54, 1.807) is 0 Å². The normalized spacial score (nSPS) is 11.2. The van der Waals surface area contributed by atoms with Crippen molar-refractivity contribution in [1.82, 2.24) is 29.7 Å². The second-order valence-electron chi connectivity index (χ2n) is 4.77. The topological polar surface area (TPSA) is 109 Å². The first-order valence-electron chi connectivity index (χ1n) is 6.55. The molecule has 0 spiro atoms. The summed E-state index contributed by atoms with van der Waals surface area (Å²) in [5.74, 6) is 0.499. The highest BCUT2D eigenvalue weighted by atomic mass is 16.2. The summed E-state index contributed by atoms with van der Waals surface area (Å²) in [5, 5.41) is 8.01. The smallest absolute Gasteiger partial charge is 0.330 e. The third-order valence-electron chi connectivity index (χ3n) is 3.31. The first-order chi connectivity index (χ1) is 10.0. The third-order valence-corrected chi connectivity index (χ3v) is 3.31. The fourth-order valence-corrected chi connectivity index (χ4v) is 2.25. The van der Waals surface area contributed by atoms with Crippen molar-refractivity contribution in [1.29, 1.82) is 0 Å². The molecule has 0 bridgehead atoms. The Kier molecular flexibility index (Phi) is 2.93. The van der Waals surface area contributed by atoms with Crippen molar-refractivity contribution < 1.29 is 0 Å². The predicted octanol–water partition coefficient (Wildman–Crippen LogP) is 0.507. The standard InChI is InChI=1S/C13H14N6O2/c1-4-19-11-9(12(20)16-13(19)21)14-10(15-11)8-5-6(2)17-18-7(8)3/h5H,4H2,1-3H3,(H,14,15)(H,16,20,21). The fourth-order valence-electron chi connectivity index (χ4n) is 2.25. The van der Waals surface area contributed by atoms with Crippen molar-refractivity contribution in [2.75, 3.05) is 0 Å². The zero-order valence-electron chi connectivity index (χ0n) is 11.9. The van der Waals surface area contributed by atoms with Gasteiger partial charge < -0.3 is 4.98 Å². The van der Waals surface area contributed by atoms with Gasteiger partial charge in [-0.2, -0.15) is 10.2 Å². The van der Waals surface area contributed by atoms with Crippen molar-refractivity contribution in [3.05, 3.63) is 38.3 Å². The number of rotatable bonds is 2. The van der Waals surface area contributed by atoms with Crippen LogP contribution in [0.5, 0.6) is 0 Å². The van der Waals surface area contributed by atoms with E-state index in [0.29, 0.717) is 23.7 Å². The number of hydrogen-bond donors (Lipinski definition) is 2. The highest BCUT2D eigenvalue weighted by molar-refractivity contribution is 5.75. The highest BCUT2D eigenvalue weighted by Crippen LogP contribution is 2.20. The number of hydrogen-bond acceptors (Lipinski definition) is 5. The molecule has 0 aliphatic rings. The van der Waals surface area contributed by atoms with Crippen LogP contribution in [0.25, 0.3) is 22.6 Å². The van der Waals surface area contributed by atoms with Crippen molar-refractivity contribution in [2.24, 2.45) is 0 Å². The Morgan fingerprint density at radius 1 is 1.19 bits per heavy atom. The quantitative estimate of drug-likeness (QED) is 0.713. The largest absolute Gasteiger partial charge is 0.332 e. The molecule has 0 aromatic carbocycles. The molecule has 0 unspecified atom stereocenters. The summed E-state index contributed by atoms with van der Waals surface area (Å²) in [6.07, 6.45) is 0. The van der Waals surface area contributed by atoms with E-state index < -0.39 is 11.2 Å². The van der Waals surface area contributed by atoms with Gasteiger partial charge in [0, 0.05) is 12.1 Å². The molecular weight excluding hydrogens is 272 g/mol. The van der Waals surface area contributed by atoms with Gasteiger partial charge in [0.25, 0.3) is 5.56 Å². The van der Waals surface area contributed by atoms with E-state index in [1.807, 2.05) is 26.8 Å². The predicted molar refractivity (Wildman–Crippen MR) is 77.1 cm³/mol. The number of nitrogens with one attached hydrogen (secondary N) is 2. The molecule has 0 fully saturated rings. The monoisotopic (exact) mass is 286 g/mol. The first-order valence-corrected chi connectivity index (χ1v) is 6.55. The molecule has 108 valence electrons. The molecule has 0 atom stereocenters. The van der Waals surface area contributed by atoms with Crippen LogP contribution in [0.2, 0.25) is 0 Å². The average Bonchev–Trinajstić information content (AvgIpc) is 2.87. The Labute approximate surface area is 118 Å². The molecule has 8 heteroatoms. The summed E-state index contributed by atoms with van der Waals surface area (Å²) in [5.41, 5.74) is 1.88. The molecule has 0 aliphatic carbocycles. The van der Waals surface area contributed by atoms with Crippen LogP contribution >= 0.6 is 0 Å². The van der Waals surface area contributed by atoms with E-state index in [4.69, 9.17) is 0 Å². The van der Waals surface area contributed by atoms with Gasteiger partial charge in [0.2, 0.25) is 0 Å². The summed E-state index contributed by atoms with van der Waals surface area (Å²) in [7, 11) is 0. The van der Waals surface area contributed by atoms with Gasteiger partial charge in [-0.1, -0.05) is 0 Å². The highest BCUT2D eigenvalue weighted by Gasteiger charge is 2.15. The van der Waals surface area contributed by atoms with E-state index in [2.05, 4.69) is 25.1 Å². The number of H-pyrrole nitrogens is 2. The lowest BCUT2D eigenvalue weighted by Gasteiger charge is -2.01. The van der Waals surface area contributed by atoms with E-state index in [0.717, 1.165) is 11.3 Å². The van der Waals surface area contributed by atoms with Crippen LogP contribution in [-0.4, -0.2) is 29.7 Å². The van der Waals surface area contributed by atoms with Gasteiger partial charge in [-0.25, -0.2) is 9.78 Å². The number of aromatic nitrogens is 6. The van der Waals surface area contributed by atoms with E-state index in [1.165, 1.54) is 4.57 Å². The summed E-state index contributed by atoms with van der Waals surface area (Å²) in [6.45, 7) is 5.87. The van der Waals surface area contributed by atoms with Crippen molar-refractivity contribution >= 4 is 11.2 Å². The molecule has 2 N–H and O–H groups in total. The zero-order chi connectivity index (χ0) is 15.1. The summed E-state index contributed by atoms with van der Waals surface area (Å²) >= 11 is 0. The number of imidazole rings is 1. The Bertz CT molecular complexity index is 949. The maximum atomic E-state index is 11.9. The Morgan fingerprint density at radius 3 is 2.67 bits per heavy atom. The third kappa shape index (κ3) is 2.04. The lowest BCUT2D eigenvalue weighted by molar-refractivity contribution is 0.720. The van der Waals surface area contributed by atoms with Crippen LogP contribution in [-0.2, 0) is 6.54 Å². The Balaban J connectivity index is 2.36. The lowest BCUT2D eigenvalue weighted by atomic mass is 10.2. The number of aryl methyl sites for hydroxylation is 3. The maximum absolute atomic E-state index is 11.9. The van der Waals surface area contributed by atoms with Crippen LogP contribution in [0, 0.1) is 13.8 Å². The molecule has 0 radical (unpaired) electrons. The van der Waals surface area contributed by atoms with Crippen molar-refractivity contribution in [3.63, 3.8) is 0 Å². The van der Waals surface area contributed by atoms with Gasteiger partial charge >= 0.3 is 5.69 Å². The van der Waals surface area contributed by atoms with Gasteiger partial charge in [-0.15, -0.1) is 0 Å². The lowest BCUT2D eigenvalue weighted by Crippen LogP contribution is -2.29. The summed E-state index contributed by atoms with van der Waals surface area (Å²) in [6, 6.07) is 1.84. The Hall–Kier alpha value is -2.77. The molecule has 3 heterocycles. The van der Waals surface area contributed by atoms with Crippen LogP contribution in [0.15, 0.2) is 15.7 Å². The minimum absolute atomic E-state index is 0.278. The maximum Gasteiger partial charge on any atom is 0.330 e. The first kappa shape index (κ1) is 13.2. The van der Waals surface area contributed by atoms with Gasteiger partial charge in [0.05, 0.1) is 11.4 Å². The molecule has 21 heavy (non-hydrogen) atoms. The zero-order valence-corrected chi connectivity index (χ0v) is 11.9. The average molecular weight is 286 g/mol. The second kappa shape index (κ2) is 4.65. The van der Waals surface area contributed by atoms with Crippen LogP contribution in [0.3, 0.4) is 0 Å². The van der Waals surface area contributed by atoms with Gasteiger partial charge in [-0.05, 0) is 26.8 Å². The molecule has 3 aromatic heterocycles. The van der Waals surface area contributed by atoms with Crippen LogP contribution in [0.4, 0.5) is 0 Å². The Morgan fingerprint density at radius 2 is 1.95 bits per heavy atom. The summed E-state index contributed by atoms with van der Waals surface area (Å²) in [4.78, 5) is 33.3. The number of nitrogens with zero attached hydrogens (tertiary/aromatic N) is 4. The number of aromatic amines is 2. The number of fused-ring (bicyclic) bond motifs is 1. The molecule has 0 saturated heterocycles. The molecule has 3 rings (SSSR count). The van der Waals surface area contributed by atoms with Crippen LogP contribution < -0.4 is 11.2 Å². The van der Waals surface area contributed by atoms with Crippen molar-refractivity contribution in [2.45, 2.75) is 27.3 Å². The second-order valence-corrected chi connectivity index (χ2v) is 4.77. The molecular formula is C13H14N6O2. The molecule has 0 amide bonds. The van der Waals surface area contributed by atoms with E-state index >= 15 is 0 Å². The van der Waals surface area contributed by atoms with E-state index in [9.17, 15) is 9.59 Å². The molecule has 0 saturated carbocycles. The molecule has 3 aromatic rings. The van der Waals surface area contributed by atoms with Crippen LogP contribution in [0.1, 0.15) is 18.3 Å². The fraction of sp³-hybridized carbons (Fsp3) is 0.308. The molecule has 8 nitrogen and oxygen atoms in total. The van der Waals surface area contributed by atoms with Crippen molar-refractivity contribution in [3.8, 4) is 11.4 Å². The van der Waals surface area contributed by atoms with Gasteiger partial charge in [0.1, 0.15) is 11.3 Å². The van der Waals surface area contributed by atoms with Gasteiger partial charge in [-0.3, -0.25) is 14.3 Å². The summed E-state index contributed by atoms with van der Waals surface area (Å²) < 4.78 is 1.41. The SMILES string of the molecule is CCn1c(=O)[nH]c(=O)c2[nH]c(-c3cc(C)nnc3C)nc21. The molecule has 0 aliphatic heterocycles. The minimum Gasteiger partial charge on any atom is -0.332 e. The minimum atomic E-state index is -0.477. The van der Waals surface area contributed by atoms with E-state index in [-0.39, 0.29) is 5.52 Å².